The van der Waals surface area contributed by atoms with Crippen LogP contribution in [0.4, 0.5) is 9.52 Å². The third-order valence-electron chi connectivity index (χ3n) is 8.11. The number of methoxy groups -OCH3 is 3. The Morgan fingerprint density at radius 2 is 1.60 bits per heavy atom. The van der Waals surface area contributed by atoms with Gasteiger partial charge in [0.2, 0.25) is 10.9 Å². The quantitative estimate of drug-likeness (QED) is 0.0457. The van der Waals surface area contributed by atoms with Crippen LogP contribution in [0, 0.1) is 12.7 Å². The summed E-state index contributed by atoms with van der Waals surface area (Å²) in [6.07, 6.45) is 0. The van der Waals surface area contributed by atoms with Gasteiger partial charge in [-0.1, -0.05) is 59.5 Å². The van der Waals surface area contributed by atoms with Crippen LogP contribution in [-0.4, -0.2) is 48.3 Å². The lowest BCUT2D eigenvalue weighted by Gasteiger charge is -2.24. The molecule has 5 aromatic rings. The number of thioether (sulfide) groups is 1. The average Bonchev–Trinajstić information content (AvgIpc) is 3.71. The Bertz CT molecular complexity index is 2040. The van der Waals surface area contributed by atoms with Crippen molar-refractivity contribution in [3.8, 4) is 23.0 Å². The molecule has 1 unspecified atom stereocenters. The van der Waals surface area contributed by atoms with Crippen molar-refractivity contribution in [1.29, 1.82) is 0 Å². The lowest BCUT2D eigenvalue weighted by molar-refractivity contribution is -0.132. The van der Waals surface area contributed by atoms with E-state index in [0.717, 1.165) is 28.0 Å². The zero-order chi connectivity index (χ0) is 35.4. The third-order valence-corrected chi connectivity index (χ3v) is 10.2. The highest BCUT2D eigenvalue weighted by Gasteiger charge is 2.49. The highest BCUT2D eigenvalue weighted by atomic mass is 32.2. The van der Waals surface area contributed by atoms with Crippen LogP contribution in [0.25, 0.3) is 5.76 Å². The number of hydrogen-bond donors (Lipinski definition) is 1. The summed E-state index contributed by atoms with van der Waals surface area (Å²) in [5, 5.41) is 20.4. The fourth-order valence-electron chi connectivity index (χ4n) is 5.49. The number of ether oxygens (including phenoxy) is 4. The molecule has 1 saturated heterocycles. The molecule has 6 rings (SSSR count). The molecule has 13 heteroatoms. The zero-order valence-electron chi connectivity index (χ0n) is 27.5. The molecule has 50 heavy (non-hydrogen) atoms. The number of aryl methyl sites for hydroxylation is 1. The summed E-state index contributed by atoms with van der Waals surface area (Å²) in [6, 6.07) is 22.7. The van der Waals surface area contributed by atoms with Gasteiger partial charge in [-0.05, 0) is 77.7 Å². The molecule has 4 aromatic carbocycles. The Kier molecular flexibility index (Phi) is 10.3. The predicted molar refractivity (Wildman–Crippen MR) is 189 cm³/mol. The number of aliphatic hydroxyl groups is 1. The van der Waals surface area contributed by atoms with E-state index in [1.54, 1.807) is 48.5 Å². The fraction of sp³-hybridized carbons (Fsp3) is 0.189. The molecule has 2 heterocycles. The topological polar surface area (TPSA) is 120 Å². The van der Waals surface area contributed by atoms with E-state index in [2.05, 4.69) is 10.2 Å². The van der Waals surface area contributed by atoms with Crippen molar-refractivity contribution in [2.24, 2.45) is 0 Å². The van der Waals surface area contributed by atoms with Gasteiger partial charge in [0.25, 0.3) is 5.78 Å². The molecule has 0 saturated carbocycles. The molecule has 10 nitrogen and oxygen atoms in total. The van der Waals surface area contributed by atoms with Crippen molar-refractivity contribution in [2.75, 3.05) is 26.2 Å². The summed E-state index contributed by atoms with van der Waals surface area (Å²) < 4.78 is 36.5. The van der Waals surface area contributed by atoms with Crippen LogP contribution in [0.1, 0.15) is 33.9 Å². The number of rotatable bonds is 12. The van der Waals surface area contributed by atoms with Gasteiger partial charge >= 0.3 is 5.91 Å². The smallest absolute Gasteiger partial charge is 0.301 e. The van der Waals surface area contributed by atoms with E-state index < -0.39 is 17.7 Å². The maximum atomic E-state index is 13.8. The second kappa shape index (κ2) is 15.0. The first-order valence-corrected chi connectivity index (χ1v) is 17.1. The van der Waals surface area contributed by atoms with E-state index >= 15 is 0 Å². The molecule has 1 aliphatic rings. The van der Waals surface area contributed by atoms with Gasteiger partial charge in [-0.25, -0.2) is 4.39 Å². The number of amides is 1. The molecule has 1 aromatic heterocycles. The first-order chi connectivity index (χ1) is 24.2. The second-order valence-electron chi connectivity index (χ2n) is 11.1. The van der Waals surface area contributed by atoms with Gasteiger partial charge in [0, 0.05) is 11.3 Å². The number of benzene rings is 4. The molecule has 1 atom stereocenters. The van der Waals surface area contributed by atoms with E-state index in [1.165, 1.54) is 50.1 Å². The van der Waals surface area contributed by atoms with E-state index in [9.17, 15) is 19.1 Å². The van der Waals surface area contributed by atoms with Gasteiger partial charge in [-0.2, -0.15) is 0 Å². The maximum Gasteiger partial charge on any atom is 0.301 e. The van der Waals surface area contributed by atoms with Crippen molar-refractivity contribution < 1.29 is 38.0 Å². The van der Waals surface area contributed by atoms with Crippen molar-refractivity contribution in [3.05, 3.63) is 124 Å². The van der Waals surface area contributed by atoms with E-state index in [1.807, 2.05) is 31.2 Å². The van der Waals surface area contributed by atoms with Gasteiger partial charge in [0.05, 0.1) is 32.9 Å². The lowest BCUT2D eigenvalue weighted by atomic mass is 9.94. The van der Waals surface area contributed by atoms with Crippen molar-refractivity contribution in [3.63, 3.8) is 0 Å². The van der Waals surface area contributed by atoms with E-state index in [4.69, 9.17) is 18.9 Å². The molecule has 256 valence electrons. The first-order valence-electron chi connectivity index (χ1n) is 15.3. The fourth-order valence-corrected chi connectivity index (χ4v) is 7.31. The average molecular weight is 714 g/mol. The number of carbonyl (C=O) groups is 2. The summed E-state index contributed by atoms with van der Waals surface area (Å²) in [5.74, 6) is -0.586. The molecule has 1 amide bonds. The monoisotopic (exact) mass is 713 g/mol. The summed E-state index contributed by atoms with van der Waals surface area (Å²) in [7, 11) is 4.37. The highest BCUT2D eigenvalue weighted by molar-refractivity contribution is 8.00. The minimum absolute atomic E-state index is 0.145. The zero-order valence-corrected chi connectivity index (χ0v) is 29.1. The molecule has 0 aliphatic carbocycles. The SMILES string of the molecule is COc1cc(C2C(=C(O)c3ccc(OCc4ccccc4C)cc3)C(=O)C(=O)N2c2nnc(SCc3ccc(F)cc3)s2)cc(OC)c1OC. The first kappa shape index (κ1) is 34.5. The molecular weight excluding hydrogens is 682 g/mol. The van der Waals surface area contributed by atoms with Gasteiger partial charge in [0.1, 0.15) is 23.9 Å². The Morgan fingerprint density at radius 1 is 0.920 bits per heavy atom. The summed E-state index contributed by atoms with van der Waals surface area (Å²) in [6.45, 7) is 2.37. The van der Waals surface area contributed by atoms with Crippen LogP contribution >= 0.6 is 23.1 Å². The van der Waals surface area contributed by atoms with Crippen LogP contribution in [0.5, 0.6) is 23.0 Å². The number of hydrogen-bond acceptors (Lipinski definition) is 11. The highest BCUT2D eigenvalue weighted by Crippen LogP contribution is 2.48. The normalized spacial score (nSPS) is 15.3. The molecular formula is C37H32FN3O7S2. The number of Topliss-reactive ketones (excluding diaryl/α,β-unsaturated/α-hetero) is 1. The maximum absolute atomic E-state index is 13.8. The predicted octanol–water partition coefficient (Wildman–Crippen LogP) is 7.51. The number of carbonyl (C=O) groups excluding carboxylic acids is 2. The minimum Gasteiger partial charge on any atom is -0.507 e. The second-order valence-corrected chi connectivity index (χ2v) is 13.3. The number of aromatic nitrogens is 2. The Hall–Kier alpha value is -5.40. The van der Waals surface area contributed by atoms with E-state index in [0.29, 0.717) is 39.3 Å². The van der Waals surface area contributed by atoms with Crippen LogP contribution in [0.15, 0.2) is 94.8 Å². The van der Waals surface area contributed by atoms with Crippen LogP contribution in [-0.2, 0) is 21.9 Å². The van der Waals surface area contributed by atoms with Crippen LogP contribution in [0.2, 0.25) is 0 Å². The minimum atomic E-state index is -1.14. The van der Waals surface area contributed by atoms with Crippen LogP contribution in [0.3, 0.4) is 0 Å². The molecule has 1 aliphatic heterocycles. The molecule has 1 fully saturated rings. The third kappa shape index (κ3) is 7.00. The lowest BCUT2D eigenvalue weighted by Crippen LogP contribution is -2.29. The van der Waals surface area contributed by atoms with Crippen molar-refractivity contribution in [2.45, 2.75) is 29.7 Å². The Balaban J connectivity index is 1.37. The summed E-state index contributed by atoms with van der Waals surface area (Å²) >= 11 is 2.47. The Morgan fingerprint density at radius 3 is 2.24 bits per heavy atom. The molecule has 0 spiro atoms. The standard InChI is InChI=1S/C37H32FN3O7S2/c1-21-7-5-6-8-24(21)19-48-27-15-11-23(12-16-27)32(42)30-31(25-17-28(45-2)34(47-4)29(18-25)46-3)41(35(44)33(30)43)36-39-40-37(50-36)49-20-22-9-13-26(38)14-10-22/h5-18,31,42H,19-20H2,1-4H3. The number of anilines is 1. The Labute approximate surface area is 296 Å². The van der Waals surface area contributed by atoms with Gasteiger partial charge in [-0.15, -0.1) is 10.2 Å². The number of halogens is 1. The van der Waals surface area contributed by atoms with Gasteiger partial charge in [0.15, 0.2) is 15.8 Å². The van der Waals surface area contributed by atoms with Crippen LogP contribution < -0.4 is 23.8 Å². The van der Waals surface area contributed by atoms with Gasteiger partial charge < -0.3 is 24.1 Å². The number of nitrogens with zero attached hydrogens (tertiary/aromatic N) is 3. The summed E-state index contributed by atoms with van der Waals surface area (Å²) in [5.41, 5.74) is 3.56. The molecule has 0 radical (unpaired) electrons. The van der Waals surface area contributed by atoms with Gasteiger partial charge in [-0.3, -0.25) is 14.5 Å². The molecule has 0 bridgehead atoms. The van der Waals surface area contributed by atoms with E-state index in [-0.39, 0.29) is 33.8 Å². The summed E-state index contributed by atoms with van der Waals surface area (Å²) in [4.78, 5) is 28.8. The molecule has 1 N–H and O–H groups in total. The van der Waals surface area contributed by atoms with Crippen molar-refractivity contribution in [1.82, 2.24) is 10.2 Å². The number of ketones is 1. The van der Waals surface area contributed by atoms with Crippen molar-refractivity contribution >= 4 is 45.7 Å². The largest absolute Gasteiger partial charge is 0.507 e. The number of aliphatic hydroxyl groups excluding tert-OH is 1.